The largest absolute Gasteiger partial charge is 0.344 e. The van der Waals surface area contributed by atoms with Gasteiger partial charge in [-0.05, 0) is 49.6 Å². The molecule has 122 valence electrons. The number of benzene rings is 2. The smallest absolute Gasteiger partial charge is 0.273 e. The lowest BCUT2D eigenvalue weighted by Crippen LogP contribution is -2.26. The minimum absolute atomic E-state index is 0.0922. The van der Waals surface area contributed by atoms with Crippen molar-refractivity contribution in [2.24, 2.45) is 0 Å². The average molecular weight is 320 g/mol. The highest BCUT2D eigenvalue weighted by atomic mass is 16.2. The van der Waals surface area contributed by atoms with E-state index in [1.165, 1.54) is 11.1 Å². The van der Waals surface area contributed by atoms with Crippen LogP contribution in [0.5, 0.6) is 0 Å². The fourth-order valence-corrected chi connectivity index (χ4v) is 2.46. The van der Waals surface area contributed by atoms with Crippen molar-refractivity contribution in [3.63, 3.8) is 0 Å². The minimum Gasteiger partial charge on any atom is -0.344 e. The molecule has 5 heteroatoms. The third kappa shape index (κ3) is 3.35. The van der Waals surface area contributed by atoms with E-state index in [1.807, 2.05) is 62.4 Å². The molecule has 5 nitrogen and oxygen atoms in total. The van der Waals surface area contributed by atoms with Gasteiger partial charge in [0.25, 0.3) is 5.91 Å². The summed E-state index contributed by atoms with van der Waals surface area (Å²) >= 11 is 0. The Balaban J connectivity index is 1.75. The summed E-state index contributed by atoms with van der Waals surface area (Å²) < 4.78 is 1.62. The lowest BCUT2D eigenvalue weighted by molar-refractivity contribution is 0.0935. The molecule has 0 aliphatic rings. The van der Waals surface area contributed by atoms with Crippen LogP contribution >= 0.6 is 0 Å². The first kappa shape index (κ1) is 15.9. The van der Waals surface area contributed by atoms with Gasteiger partial charge in [0.15, 0.2) is 5.69 Å². The van der Waals surface area contributed by atoms with E-state index in [4.69, 9.17) is 0 Å². The normalized spacial score (nSPS) is 12.0. The predicted octanol–water partition coefficient (Wildman–Crippen LogP) is 3.38. The van der Waals surface area contributed by atoms with E-state index >= 15 is 0 Å². The van der Waals surface area contributed by atoms with Crippen LogP contribution in [-0.2, 0) is 0 Å². The molecule has 0 aliphatic heterocycles. The maximum atomic E-state index is 12.4. The highest BCUT2D eigenvalue weighted by Crippen LogP contribution is 2.14. The number of hydrogen-bond donors (Lipinski definition) is 1. The zero-order valence-electron chi connectivity index (χ0n) is 14.0. The predicted molar refractivity (Wildman–Crippen MR) is 93.2 cm³/mol. The molecule has 0 radical (unpaired) electrons. The summed E-state index contributed by atoms with van der Waals surface area (Å²) in [5, 5.41) is 11.0. The Morgan fingerprint density at radius 3 is 2.54 bits per heavy atom. The first-order chi connectivity index (χ1) is 11.5. The number of nitrogens with one attached hydrogen (secondary N) is 1. The molecule has 3 rings (SSSR count). The van der Waals surface area contributed by atoms with Crippen molar-refractivity contribution in [2.75, 3.05) is 0 Å². The van der Waals surface area contributed by atoms with E-state index in [2.05, 4.69) is 22.6 Å². The van der Waals surface area contributed by atoms with Crippen molar-refractivity contribution in [3.05, 3.63) is 77.1 Å². The topological polar surface area (TPSA) is 59.8 Å². The molecule has 2 aromatic carbocycles. The number of hydrogen-bond acceptors (Lipinski definition) is 3. The summed E-state index contributed by atoms with van der Waals surface area (Å²) in [5.41, 5.74) is 4.63. The van der Waals surface area contributed by atoms with E-state index in [9.17, 15) is 4.79 Å². The van der Waals surface area contributed by atoms with Crippen molar-refractivity contribution in [1.82, 2.24) is 20.3 Å². The molecule has 24 heavy (non-hydrogen) atoms. The van der Waals surface area contributed by atoms with Crippen LogP contribution in [0.4, 0.5) is 0 Å². The zero-order valence-corrected chi connectivity index (χ0v) is 14.0. The molecule has 0 bridgehead atoms. The van der Waals surface area contributed by atoms with Gasteiger partial charge in [-0.2, -0.15) is 0 Å². The lowest BCUT2D eigenvalue weighted by atomic mass is 10.1. The summed E-state index contributed by atoms with van der Waals surface area (Å²) in [6.45, 7) is 6.05. The number of carbonyl (C=O) groups excluding carboxylic acids is 1. The van der Waals surface area contributed by atoms with E-state index in [-0.39, 0.29) is 11.9 Å². The molecule has 0 saturated carbocycles. The Labute approximate surface area is 141 Å². The standard InChI is InChI=1S/C19H20N4O/c1-13-9-10-17(11-14(13)2)23-12-18(21-22-23)19(24)20-15(3)16-7-5-4-6-8-16/h4-12,15H,1-3H3,(H,20,24)/t15-/m1/s1. The molecule has 1 N–H and O–H groups in total. The number of aromatic nitrogens is 3. The van der Waals surface area contributed by atoms with Gasteiger partial charge in [0, 0.05) is 0 Å². The summed E-state index contributed by atoms with van der Waals surface area (Å²) in [6, 6.07) is 15.8. The second-order valence-corrected chi connectivity index (χ2v) is 5.92. The van der Waals surface area contributed by atoms with Crippen LogP contribution in [0.15, 0.2) is 54.7 Å². The van der Waals surface area contributed by atoms with Crippen molar-refractivity contribution in [2.45, 2.75) is 26.8 Å². The second kappa shape index (κ2) is 6.66. The number of amides is 1. The quantitative estimate of drug-likeness (QED) is 0.802. The number of carbonyl (C=O) groups is 1. The maximum absolute atomic E-state index is 12.4. The highest BCUT2D eigenvalue weighted by Gasteiger charge is 2.15. The van der Waals surface area contributed by atoms with Crippen LogP contribution in [0.3, 0.4) is 0 Å². The maximum Gasteiger partial charge on any atom is 0.273 e. The van der Waals surface area contributed by atoms with E-state index in [0.29, 0.717) is 5.69 Å². The van der Waals surface area contributed by atoms with Crippen LogP contribution in [0.25, 0.3) is 5.69 Å². The molecular weight excluding hydrogens is 300 g/mol. The van der Waals surface area contributed by atoms with E-state index < -0.39 is 0 Å². The van der Waals surface area contributed by atoms with Crippen LogP contribution in [0.2, 0.25) is 0 Å². The lowest BCUT2D eigenvalue weighted by Gasteiger charge is -2.12. The molecule has 0 spiro atoms. The van der Waals surface area contributed by atoms with Crippen LogP contribution < -0.4 is 5.32 Å². The number of aryl methyl sites for hydroxylation is 2. The van der Waals surface area contributed by atoms with E-state index in [0.717, 1.165) is 11.3 Å². The Hall–Kier alpha value is -2.95. The van der Waals surface area contributed by atoms with Crippen molar-refractivity contribution < 1.29 is 4.79 Å². The molecule has 0 saturated heterocycles. The fraction of sp³-hybridized carbons (Fsp3) is 0.211. The molecular formula is C19H20N4O. The number of rotatable bonds is 4. The summed E-state index contributed by atoms with van der Waals surface area (Å²) in [4.78, 5) is 12.4. The summed E-state index contributed by atoms with van der Waals surface area (Å²) in [7, 11) is 0. The van der Waals surface area contributed by atoms with Gasteiger partial charge in [0.2, 0.25) is 0 Å². The molecule has 0 unspecified atom stereocenters. The fourth-order valence-electron chi connectivity index (χ4n) is 2.46. The van der Waals surface area contributed by atoms with Gasteiger partial charge in [-0.25, -0.2) is 4.68 Å². The molecule has 1 aromatic heterocycles. The van der Waals surface area contributed by atoms with Gasteiger partial charge in [-0.1, -0.05) is 41.6 Å². The van der Waals surface area contributed by atoms with Gasteiger partial charge in [-0.15, -0.1) is 5.10 Å². The van der Waals surface area contributed by atoms with Crippen molar-refractivity contribution in [3.8, 4) is 5.69 Å². The van der Waals surface area contributed by atoms with Crippen LogP contribution in [0.1, 0.15) is 40.1 Å². The first-order valence-corrected chi connectivity index (χ1v) is 7.90. The Morgan fingerprint density at radius 2 is 1.83 bits per heavy atom. The zero-order chi connectivity index (χ0) is 17.1. The van der Waals surface area contributed by atoms with Crippen LogP contribution in [0, 0.1) is 13.8 Å². The van der Waals surface area contributed by atoms with Gasteiger partial charge in [-0.3, -0.25) is 4.79 Å². The Kier molecular flexibility index (Phi) is 4.42. The number of nitrogens with zero attached hydrogens (tertiary/aromatic N) is 3. The second-order valence-electron chi connectivity index (χ2n) is 5.92. The summed E-state index contributed by atoms with van der Waals surface area (Å²) in [6.07, 6.45) is 1.65. The van der Waals surface area contributed by atoms with Gasteiger partial charge < -0.3 is 5.32 Å². The van der Waals surface area contributed by atoms with Crippen molar-refractivity contribution in [1.29, 1.82) is 0 Å². The SMILES string of the molecule is Cc1ccc(-n2cc(C(=O)N[C@H](C)c3ccccc3)nn2)cc1C. The molecule has 1 heterocycles. The average Bonchev–Trinajstić information content (AvgIpc) is 3.08. The van der Waals surface area contributed by atoms with Gasteiger partial charge >= 0.3 is 0 Å². The van der Waals surface area contributed by atoms with Crippen LogP contribution in [-0.4, -0.2) is 20.9 Å². The molecule has 1 amide bonds. The van der Waals surface area contributed by atoms with Crippen molar-refractivity contribution >= 4 is 5.91 Å². The highest BCUT2D eigenvalue weighted by molar-refractivity contribution is 5.92. The third-order valence-electron chi connectivity index (χ3n) is 4.13. The van der Waals surface area contributed by atoms with Gasteiger partial charge in [0.05, 0.1) is 17.9 Å². The first-order valence-electron chi connectivity index (χ1n) is 7.90. The minimum atomic E-state index is -0.235. The molecule has 0 aliphatic carbocycles. The molecule has 1 atom stereocenters. The third-order valence-corrected chi connectivity index (χ3v) is 4.13. The van der Waals surface area contributed by atoms with E-state index in [1.54, 1.807) is 10.9 Å². The molecule has 0 fully saturated rings. The molecule has 3 aromatic rings. The Bertz CT molecular complexity index is 855. The summed E-state index contributed by atoms with van der Waals surface area (Å²) in [5.74, 6) is -0.235. The monoisotopic (exact) mass is 320 g/mol. The van der Waals surface area contributed by atoms with Gasteiger partial charge in [0.1, 0.15) is 0 Å². The Morgan fingerprint density at radius 1 is 1.08 bits per heavy atom.